The van der Waals surface area contributed by atoms with E-state index in [1.807, 2.05) is 36.2 Å². The molecule has 0 unspecified atom stereocenters. The van der Waals surface area contributed by atoms with Gasteiger partial charge in [-0.25, -0.2) is 13.1 Å². The van der Waals surface area contributed by atoms with Gasteiger partial charge in [0.1, 0.15) is 0 Å². The van der Waals surface area contributed by atoms with Crippen LogP contribution in [0.15, 0.2) is 47.5 Å². The fourth-order valence-electron chi connectivity index (χ4n) is 3.76. The molecule has 0 spiro atoms. The molecule has 5 rings (SSSR count). The van der Waals surface area contributed by atoms with Crippen molar-refractivity contribution in [2.75, 3.05) is 44.3 Å². The van der Waals surface area contributed by atoms with Crippen molar-refractivity contribution < 1.29 is 17.9 Å². The van der Waals surface area contributed by atoms with Gasteiger partial charge in [0.05, 0.1) is 23.8 Å². The first kappa shape index (κ1) is 20.7. The Morgan fingerprint density at radius 1 is 0.875 bits per heavy atom. The molecule has 0 N–H and O–H groups in total. The van der Waals surface area contributed by atoms with E-state index in [4.69, 9.17) is 9.47 Å². The van der Waals surface area contributed by atoms with Crippen LogP contribution in [0.5, 0.6) is 11.5 Å². The zero-order chi connectivity index (χ0) is 22.1. The number of piperazine rings is 1. The summed E-state index contributed by atoms with van der Waals surface area (Å²) in [7, 11) is -3.63. The first-order valence-electron chi connectivity index (χ1n) is 10.5. The summed E-state index contributed by atoms with van der Waals surface area (Å²) in [6.45, 7) is 4.76. The lowest BCUT2D eigenvalue weighted by molar-refractivity contribution is 0.296. The van der Waals surface area contributed by atoms with Crippen LogP contribution < -0.4 is 14.4 Å². The summed E-state index contributed by atoms with van der Waals surface area (Å²) in [5.74, 6) is 2.41. The van der Waals surface area contributed by atoms with Gasteiger partial charge in [-0.05, 0) is 37.3 Å². The number of fused-ring (bicyclic) bond motifs is 1. The number of anilines is 1. The monoisotopic (exact) mass is 456 g/mol. The summed E-state index contributed by atoms with van der Waals surface area (Å²) in [4.78, 5) is 2.25. The summed E-state index contributed by atoms with van der Waals surface area (Å²) in [6, 6.07) is 10.4. The smallest absolute Gasteiger partial charge is 0.243 e. The summed E-state index contributed by atoms with van der Waals surface area (Å²) >= 11 is 0. The van der Waals surface area contributed by atoms with E-state index < -0.39 is 10.0 Å². The van der Waals surface area contributed by atoms with Gasteiger partial charge >= 0.3 is 0 Å². The minimum atomic E-state index is -3.63. The zero-order valence-corrected chi connectivity index (χ0v) is 18.5. The molecule has 10 nitrogen and oxygen atoms in total. The zero-order valence-electron chi connectivity index (χ0n) is 17.7. The Bertz CT molecular complexity index is 1200. The largest absolute Gasteiger partial charge is 0.490 e. The highest BCUT2D eigenvalue weighted by molar-refractivity contribution is 7.89. The maximum atomic E-state index is 13.2. The van der Waals surface area contributed by atoms with Crippen LogP contribution in [0.2, 0.25) is 0 Å². The van der Waals surface area contributed by atoms with Crippen LogP contribution in [0.1, 0.15) is 12.1 Å². The normalized spacial score (nSPS) is 17.2. The number of aromatic nitrogens is 4. The molecule has 2 aliphatic heterocycles. The molecule has 1 saturated heterocycles. The molecule has 32 heavy (non-hydrogen) atoms. The van der Waals surface area contributed by atoms with Gasteiger partial charge < -0.3 is 14.4 Å². The minimum Gasteiger partial charge on any atom is -0.490 e. The second-order valence-electron chi connectivity index (χ2n) is 7.70. The molecular weight excluding hydrogens is 432 g/mol. The maximum absolute atomic E-state index is 13.2. The minimum absolute atomic E-state index is 0.217. The Kier molecular flexibility index (Phi) is 5.43. The molecule has 168 valence electrons. The van der Waals surface area contributed by atoms with Gasteiger partial charge in [0.25, 0.3) is 0 Å². The first-order chi connectivity index (χ1) is 15.5. The lowest BCUT2D eigenvalue weighted by atomic mass is 10.3. The molecule has 0 aliphatic carbocycles. The molecule has 0 saturated carbocycles. The van der Waals surface area contributed by atoms with Crippen molar-refractivity contribution in [1.29, 1.82) is 0 Å². The Morgan fingerprint density at radius 2 is 1.59 bits per heavy atom. The van der Waals surface area contributed by atoms with Crippen LogP contribution in [-0.2, 0) is 10.0 Å². The highest BCUT2D eigenvalue weighted by atomic mass is 32.2. The predicted octanol–water partition coefficient (Wildman–Crippen LogP) is 1.64. The van der Waals surface area contributed by atoms with Crippen LogP contribution in [0.4, 0.5) is 5.82 Å². The molecule has 1 aromatic carbocycles. The highest BCUT2D eigenvalue weighted by Gasteiger charge is 2.30. The summed E-state index contributed by atoms with van der Waals surface area (Å²) in [5, 5.41) is 12.9. The number of aryl methyl sites for hydroxylation is 1. The Hall–Kier alpha value is -3.18. The van der Waals surface area contributed by atoms with Crippen molar-refractivity contribution in [3.05, 3.63) is 48.3 Å². The number of sulfonamides is 1. The Morgan fingerprint density at radius 3 is 2.28 bits per heavy atom. The molecule has 0 amide bonds. The van der Waals surface area contributed by atoms with Crippen molar-refractivity contribution in [3.63, 3.8) is 0 Å². The quantitative estimate of drug-likeness (QED) is 0.584. The molecule has 2 aromatic heterocycles. The Balaban J connectivity index is 1.26. The third-order valence-corrected chi connectivity index (χ3v) is 7.41. The number of benzene rings is 1. The van der Waals surface area contributed by atoms with E-state index in [9.17, 15) is 8.42 Å². The van der Waals surface area contributed by atoms with E-state index in [0.29, 0.717) is 62.5 Å². The van der Waals surface area contributed by atoms with Gasteiger partial charge in [-0.15, -0.1) is 10.2 Å². The molecule has 0 atom stereocenters. The molecule has 11 heteroatoms. The van der Waals surface area contributed by atoms with Gasteiger partial charge in [-0.2, -0.15) is 9.40 Å². The van der Waals surface area contributed by atoms with Crippen molar-refractivity contribution in [1.82, 2.24) is 24.3 Å². The molecule has 0 radical (unpaired) electrons. The summed E-state index contributed by atoms with van der Waals surface area (Å²) < 4.78 is 40.8. The van der Waals surface area contributed by atoms with Crippen LogP contribution >= 0.6 is 0 Å². The van der Waals surface area contributed by atoms with E-state index in [1.165, 1.54) is 4.31 Å². The summed E-state index contributed by atoms with van der Waals surface area (Å²) in [5.41, 5.74) is 0.904. The molecular formula is C21H24N6O4S. The van der Waals surface area contributed by atoms with Crippen molar-refractivity contribution in [2.45, 2.75) is 18.2 Å². The molecule has 1 fully saturated rings. The number of nitrogens with zero attached hydrogens (tertiary/aromatic N) is 6. The molecule has 3 aromatic rings. The highest BCUT2D eigenvalue weighted by Crippen LogP contribution is 2.33. The second-order valence-corrected chi connectivity index (χ2v) is 9.64. The first-order valence-corrected chi connectivity index (χ1v) is 12.0. The fourth-order valence-corrected chi connectivity index (χ4v) is 5.20. The van der Waals surface area contributed by atoms with Gasteiger partial charge in [0, 0.05) is 44.9 Å². The van der Waals surface area contributed by atoms with Crippen molar-refractivity contribution in [2.24, 2.45) is 0 Å². The van der Waals surface area contributed by atoms with E-state index >= 15 is 0 Å². The van der Waals surface area contributed by atoms with E-state index in [2.05, 4.69) is 15.3 Å². The molecule has 0 bridgehead atoms. The standard InChI is InChI=1S/C21H24N6O4S/c1-16-7-8-27(24-16)21-6-5-20(22-23-21)25-9-11-26(12-10-25)32(28,29)17-3-4-18-19(15-17)31-14-2-13-30-18/h3-8,15H,2,9-14H2,1H3. The van der Waals surface area contributed by atoms with Crippen LogP contribution in [-0.4, -0.2) is 72.1 Å². The van der Waals surface area contributed by atoms with Crippen LogP contribution in [0.3, 0.4) is 0 Å². The maximum Gasteiger partial charge on any atom is 0.243 e. The topological polar surface area (TPSA) is 103 Å². The molecule has 2 aliphatic rings. The SMILES string of the molecule is Cc1ccn(-c2ccc(N3CCN(S(=O)(=O)c4ccc5c(c4)OCCCO5)CC3)nn2)n1. The number of hydrogen-bond donors (Lipinski definition) is 0. The second kappa shape index (κ2) is 8.40. The third-order valence-electron chi connectivity index (χ3n) is 5.51. The van der Waals surface area contributed by atoms with E-state index in [1.54, 1.807) is 22.9 Å². The van der Waals surface area contributed by atoms with Gasteiger partial charge in [-0.3, -0.25) is 0 Å². The fraction of sp³-hybridized carbons (Fsp3) is 0.381. The van der Waals surface area contributed by atoms with Crippen molar-refractivity contribution >= 4 is 15.8 Å². The lowest BCUT2D eigenvalue weighted by Gasteiger charge is -2.34. The predicted molar refractivity (Wildman–Crippen MR) is 117 cm³/mol. The van der Waals surface area contributed by atoms with Crippen LogP contribution in [0.25, 0.3) is 5.82 Å². The average molecular weight is 457 g/mol. The average Bonchev–Trinajstić information content (AvgIpc) is 3.11. The van der Waals surface area contributed by atoms with Gasteiger partial charge in [-0.1, -0.05) is 0 Å². The number of hydrogen-bond acceptors (Lipinski definition) is 8. The van der Waals surface area contributed by atoms with E-state index in [0.717, 1.165) is 12.1 Å². The third kappa shape index (κ3) is 4.00. The molecule has 4 heterocycles. The summed E-state index contributed by atoms with van der Waals surface area (Å²) in [6.07, 6.45) is 2.60. The van der Waals surface area contributed by atoms with Crippen molar-refractivity contribution in [3.8, 4) is 17.3 Å². The van der Waals surface area contributed by atoms with E-state index in [-0.39, 0.29) is 4.90 Å². The Labute approximate surface area is 186 Å². The van der Waals surface area contributed by atoms with Gasteiger partial charge in [0.2, 0.25) is 10.0 Å². The number of ether oxygens (including phenoxy) is 2. The van der Waals surface area contributed by atoms with Gasteiger partial charge in [0.15, 0.2) is 23.1 Å². The lowest BCUT2D eigenvalue weighted by Crippen LogP contribution is -2.49. The van der Waals surface area contributed by atoms with Crippen LogP contribution in [0, 0.1) is 6.92 Å². The number of rotatable bonds is 4.